The normalized spacial score (nSPS) is 13.9. The summed E-state index contributed by atoms with van der Waals surface area (Å²) in [6.45, 7) is 0. The Balaban J connectivity index is 2.28. The average Bonchev–Trinajstić information content (AvgIpc) is 2.91. The summed E-state index contributed by atoms with van der Waals surface area (Å²) >= 11 is 0. The van der Waals surface area contributed by atoms with E-state index >= 15 is 0 Å². The molecule has 0 saturated heterocycles. The number of aromatic nitrogens is 1. The van der Waals surface area contributed by atoms with Crippen LogP contribution in [0, 0.1) is 10.1 Å². The maximum atomic E-state index is 12.2. The van der Waals surface area contributed by atoms with Crippen molar-refractivity contribution in [3.63, 3.8) is 0 Å². The number of allylic oxidation sites excluding steroid dienone is 1. The van der Waals surface area contributed by atoms with Crippen LogP contribution in [-0.2, 0) is 14.8 Å². The summed E-state index contributed by atoms with van der Waals surface area (Å²) < 4.78 is 24.8. The van der Waals surface area contributed by atoms with Gasteiger partial charge >= 0.3 is 0 Å². The van der Waals surface area contributed by atoms with Gasteiger partial charge in [-0.25, -0.2) is 12.4 Å². The first kappa shape index (κ1) is 15.8. The fraction of sp³-hybridized carbons (Fsp3) is 0.0667. The second kappa shape index (κ2) is 5.24. The number of rotatable bonds is 3. The molecule has 0 N–H and O–H groups in total. The third-order valence-corrected chi connectivity index (χ3v) is 4.62. The Labute approximate surface area is 136 Å². The first-order valence-corrected chi connectivity index (χ1v) is 8.52. The van der Waals surface area contributed by atoms with Gasteiger partial charge in [0.2, 0.25) is 21.6 Å². The highest BCUT2D eigenvalue weighted by Crippen LogP contribution is 2.33. The zero-order chi connectivity index (χ0) is 17.6. The zero-order valence-electron chi connectivity index (χ0n) is 12.3. The molecule has 0 radical (unpaired) electrons. The van der Waals surface area contributed by atoms with Crippen molar-refractivity contribution < 1.29 is 22.9 Å². The van der Waals surface area contributed by atoms with Crippen LogP contribution < -0.4 is 0 Å². The molecule has 1 heterocycles. The molecule has 1 aliphatic rings. The number of carbonyl (C=O) groups is 2. The summed E-state index contributed by atoms with van der Waals surface area (Å²) in [4.78, 5) is 34.0. The van der Waals surface area contributed by atoms with Crippen molar-refractivity contribution in [1.29, 1.82) is 0 Å². The predicted octanol–water partition coefficient (Wildman–Crippen LogP) is 1.65. The lowest BCUT2D eigenvalue weighted by molar-refractivity contribution is -0.384. The highest BCUT2D eigenvalue weighted by molar-refractivity contribution is 7.89. The third kappa shape index (κ3) is 2.44. The third-order valence-electron chi connectivity index (χ3n) is 3.60. The van der Waals surface area contributed by atoms with Crippen LogP contribution in [0.4, 0.5) is 5.69 Å². The Morgan fingerprint density at radius 1 is 1.08 bits per heavy atom. The van der Waals surface area contributed by atoms with Gasteiger partial charge in [0, 0.05) is 23.9 Å². The van der Waals surface area contributed by atoms with E-state index < -0.39 is 26.5 Å². The van der Waals surface area contributed by atoms with Crippen LogP contribution in [0.25, 0.3) is 17.2 Å². The molecule has 24 heavy (non-hydrogen) atoms. The van der Waals surface area contributed by atoms with E-state index in [0.29, 0.717) is 5.56 Å². The van der Waals surface area contributed by atoms with E-state index in [1.54, 1.807) is 0 Å². The largest absolute Gasteiger partial charge is 0.286 e. The van der Waals surface area contributed by atoms with Crippen LogP contribution in [0.2, 0.25) is 0 Å². The van der Waals surface area contributed by atoms with Crippen LogP contribution in [-0.4, -0.2) is 35.1 Å². The number of hydrogen-bond acceptors (Lipinski definition) is 6. The van der Waals surface area contributed by atoms with Gasteiger partial charge in [0.1, 0.15) is 0 Å². The number of benzene rings is 1. The lowest BCUT2D eigenvalue weighted by Crippen LogP contribution is -2.19. The second-order valence-corrected chi connectivity index (χ2v) is 7.05. The number of ketones is 2. The number of nitro groups is 1. The van der Waals surface area contributed by atoms with Crippen LogP contribution in [0.1, 0.15) is 16.1 Å². The van der Waals surface area contributed by atoms with E-state index in [9.17, 15) is 28.1 Å². The molecule has 0 saturated carbocycles. The van der Waals surface area contributed by atoms with Crippen molar-refractivity contribution in [3.8, 4) is 11.1 Å². The fourth-order valence-electron chi connectivity index (χ4n) is 2.50. The minimum absolute atomic E-state index is 0.0261. The Bertz CT molecular complexity index is 1030. The van der Waals surface area contributed by atoms with Gasteiger partial charge in [-0.3, -0.25) is 19.7 Å². The van der Waals surface area contributed by atoms with Crippen molar-refractivity contribution in [2.75, 3.05) is 6.26 Å². The summed E-state index contributed by atoms with van der Waals surface area (Å²) in [7, 11) is -3.70. The first-order valence-electron chi connectivity index (χ1n) is 6.67. The smallest absolute Gasteiger partial charge is 0.269 e. The highest BCUT2D eigenvalue weighted by atomic mass is 32.2. The molecular weight excluding hydrogens is 336 g/mol. The molecule has 3 rings (SSSR count). The molecule has 2 aromatic rings. The summed E-state index contributed by atoms with van der Waals surface area (Å²) in [6, 6.07) is 5.28. The molecule has 0 amide bonds. The van der Waals surface area contributed by atoms with Crippen LogP contribution >= 0.6 is 0 Å². The Kier molecular flexibility index (Phi) is 3.45. The summed E-state index contributed by atoms with van der Waals surface area (Å²) in [5.74, 6) is -1.57. The van der Waals surface area contributed by atoms with Gasteiger partial charge in [-0.15, -0.1) is 0 Å². The Morgan fingerprint density at radius 2 is 1.71 bits per heavy atom. The van der Waals surface area contributed by atoms with E-state index in [1.165, 1.54) is 36.5 Å². The van der Waals surface area contributed by atoms with Gasteiger partial charge in [-0.1, -0.05) is 0 Å². The molecule has 0 bridgehead atoms. The van der Waals surface area contributed by atoms with Crippen LogP contribution in [0.15, 0.2) is 36.5 Å². The quantitative estimate of drug-likeness (QED) is 0.474. The van der Waals surface area contributed by atoms with Crippen molar-refractivity contribution in [1.82, 2.24) is 3.97 Å². The lowest BCUT2D eigenvalue weighted by Gasteiger charge is -2.08. The van der Waals surface area contributed by atoms with Gasteiger partial charge < -0.3 is 0 Å². The van der Waals surface area contributed by atoms with E-state index in [4.69, 9.17) is 0 Å². The summed E-state index contributed by atoms with van der Waals surface area (Å²) in [5.41, 5.74) is 0.554. The Morgan fingerprint density at radius 3 is 2.25 bits per heavy atom. The standard InChI is InChI=1S/C15H10N2O6S/c1-24(22,23)16-8-11(9-2-4-10(5-3-9)17(20)21)14-12(16)6-7-13(18)15(14)19/h2-8H,1H3. The molecule has 122 valence electrons. The zero-order valence-corrected chi connectivity index (χ0v) is 13.1. The predicted molar refractivity (Wildman–Crippen MR) is 85.1 cm³/mol. The van der Waals surface area contributed by atoms with Gasteiger partial charge in [0.05, 0.1) is 22.4 Å². The van der Waals surface area contributed by atoms with Gasteiger partial charge in [0.15, 0.2) is 0 Å². The van der Waals surface area contributed by atoms with E-state index in [-0.39, 0.29) is 22.5 Å². The van der Waals surface area contributed by atoms with Crippen LogP contribution in [0.5, 0.6) is 0 Å². The number of nitrogens with zero attached hydrogens (tertiary/aromatic N) is 2. The molecule has 1 aromatic heterocycles. The Hall–Kier alpha value is -3.07. The molecule has 1 aromatic carbocycles. The van der Waals surface area contributed by atoms with Crippen molar-refractivity contribution in [3.05, 3.63) is 57.9 Å². The van der Waals surface area contributed by atoms with E-state index in [0.717, 1.165) is 16.3 Å². The van der Waals surface area contributed by atoms with Crippen molar-refractivity contribution in [2.24, 2.45) is 0 Å². The fourth-order valence-corrected chi connectivity index (χ4v) is 3.31. The van der Waals surface area contributed by atoms with E-state index in [1.807, 2.05) is 0 Å². The molecule has 9 heteroatoms. The molecule has 8 nitrogen and oxygen atoms in total. The number of non-ortho nitro benzene ring substituents is 1. The molecule has 0 fully saturated rings. The van der Waals surface area contributed by atoms with Crippen molar-refractivity contribution in [2.45, 2.75) is 0 Å². The lowest BCUT2D eigenvalue weighted by atomic mass is 9.94. The van der Waals surface area contributed by atoms with Gasteiger partial charge in [0.25, 0.3) is 5.69 Å². The number of hydrogen-bond donors (Lipinski definition) is 0. The first-order chi connectivity index (χ1) is 11.2. The molecule has 1 aliphatic carbocycles. The number of fused-ring (bicyclic) bond motifs is 1. The SMILES string of the molecule is CS(=O)(=O)n1cc(-c2ccc([N+](=O)[O-])cc2)c2c1C=CC(=O)C2=O. The van der Waals surface area contributed by atoms with Gasteiger partial charge in [-0.2, -0.15) is 0 Å². The number of Topliss-reactive ketones (excluding diaryl/α,β-unsaturated/α-hetero) is 1. The van der Waals surface area contributed by atoms with Gasteiger partial charge in [-0.05, 0) is 29.8 Å². The highest BCUT2D eigenvalue weighted by Gasteiger charge is 2.30. The second-order valence-electron chi connectivity index (χ2n) is 5.19. The number of carbonyl (C=O) groups excluding carboxylic acids is 2. The molecular formula is C15H10N2O6S. The summed E-state index contributed by atoms with van der Waals surface area (Å²) in [6.07, 6.45) is 4.50. The average molecular weight is 346 g/mol. The van der Waals surface area contributed by atoms with E-state index in [2.05, 4.69) is 0 Å². The van der Waals surface area contributed by atoms with Crippen LogP contribution in [0.3, 0.4) is 0 Å². The topological polar surface area (TPSA) is 116 Å². The molecule has 0 atom stereocenters. The maximum absolute atomic E-state index is 12.2. The minimum Gasteiger partial charge on any atom is -0.286 e. The maximum Gasteiger partial charge on any atom is 0.269 e. The minimum atomic E-state index is -3.70. The summed E-state index contributed by atoms with van der Waals surface area (Å²) in [5, 5.41) is 10.7. The number of nitro benzene ring substituents is 1. The molecule has 0 unspecified atom stereocenters. The molecule has 0 spiro atoms. The monoisotopic (exact) mass is 346 g/mol. The molecule has 0 aliphatic heterocycles. The van der Waals surface area contributed by atoms with Crippen molar-refractivity contribution >= 4 is 33.4 Å².